The zero-order valence-electron chi connectivity index (χ0n) is 11.8. The largest absolute Gasteiger partial charge is 0.367 e. The van der Waals surface area contributed by atoms with Gasteiger partial charge in [-0.25, -0.2) is 14.6 Å². The summed E-state index contributed by atoms with van der Waals surface area (Å²) in [5.41, 5.74) is 2.70. The fraction of sp³-hybridized carbons (Fsp3) is 0.286. The molecule has 1 aromatic carbocycles. The molecule has 3 rings (SSSR count). The predicted molar refractivity (Wildman–Crippen MR) is 85.1 cm³/mol. The molecule has 2 aromatic heterocycles. The topological polar surface area (TPSA) is 68.5 Å². The average Bonchev–Trinajstić information content (AvgIpc) is 2.88. The molecule has 0 bridgehead atoms. The van der Waals surface area contributed by atoms with Crippen LogP contribution in [0.1, 0.15) is 18.4 Å². The number of hydrogen-bond donors (Lipinski definition) is 1. The summed E-state index contributed by atoms with van der Waals surface area (Å²) < 4.78 is 2.73. The minimum Gasteiger partial charge on any atom is -0.367 e. The van der Waals surface area contributed by atoms with Crippen LogP contribution in [0.5, 0.6) is 0 Å². The lowest BCUT2D eigenvalue weighted by atomic mass is 10.0. The van der Waals surface area contributed by atoms with Crippen molar-refractivity contribution >= 4 is 32.9 Å². The first-order valence-corrected chi connectivity index (χ1v) is 7.44. The molecule has 0 radical (unpaired) electrons. The maximum atomic E-state index is 4.25. The number of nitrogens with zero attached hydrogens (tertiary/aromatic N) is 5. The molecule has 2 heterocycles. The maximum absolute atomic E-state index is 4.25. The van der Waals surface area contributed by atoms with Crippen molar-refractivity contribution in [1.82, 2.24) is 25.0 Å². The summed E-state index contributed by atoms with van der Waals surface area (Å²) in [6, 6.07) is 8.34. The third-order valence-corrected chi connectivity index (χ3v) is 3.93. The van der Waals surface area contributed by atoms with E-state index in [9.17, 15) is 0 Å². The summed E-state index contributed by atoms with van der Waals surface area (Å²) in [6.45, 7) is 2.94. The number of nitrogens with one attached hydrogen (secondary N) is 1. The Balaban J connectivity index is 1.75. The lowest BCUT2D eigenvalue weighted by molar-refractivity contribution is 0.729. The van der Waals surface area contributed by atoms with Gasteiger partial charge in [-0.2, -0.15) is 0 Å². The van der Waals surface area contributed by atoms with E-state index in [-0.39, 0.29) is 0 Å². The van der Waals surface area contributed by atoms with Crippen molar-refractivity contribution in [2.45, 2.75) is 12.8 Å². The Morgan fingerprint density at radius 2 is 2.00 bits per heavy atom. The standard InChI is InChI=1S/C14H15BrN6/c1-9(10-3-5-11(15)6-4-10)7-16-13-12-14(18-8-17-13)21(2)20-19-12/h3-6,8-9H,7H2,1-2H3,(H,16,17,18). The fourth-order valence-corrected chi connectivity index (χ4v) is 2.41. The highest BCUT2D eigenvalue weighted by Crippen LogP contribution is 2.20. The minimum atomic E-state index is 0.361. The van der Waals surface area contributed by atoms with Gasteiger partial charge >= 0.3 is 0 Å². The van der Waals surface area contributed by atoms with E-state index in [0.29, 0.717) is 11.4 Å². The first-order valence-electron chi connectivity index (χ1n) is 6.65. The van der Waals surface area contributed by atoms with Gasteiger partial charge in [0.05, 0.1) is 0 Å². The van der Waals surface area contributed by atoms with E-state index < -0.39 is 0 Å². The highest BCUT2D eigenvalue weighted by Gasteiger charge is 2.11. The van der Waals surface area contributed by atoms with Crippen LogP contribution in [0.4, 0.5) is 5.82 Å². The third-order valence-electron chi connectivity index (χ3n) is 3.40. The third kappa shape index (κ3) is 2.87. The molecule has 21 heavy (non-hydrogen) atoms. The molecule has 1 atom stereocenters. The van der Waals surface area contributed by atoms with Crippen LogP contribution in [0.15, 0.2) is 35.1 Å². The van der Waals surface area contributed by atoms with E-state index in [2.05, 4.69) is 72.7 Å². The summed E-state index contributed by atoms with van der Waals surface area (Å²) in [5.74, 6) is 1.08. The van der Waals surface area contributed by atoms with Gasteiger partial charge in [0.1, 0.15) is 6.33 Å². The Bertz CT molecular complexity index is 752. The van der Waals surface area contributed by atoms with E-state index in [1.54, 1.807) is 4.68 Å². The molecule has 1 unspecified atom stereocenters. The van der Waals surface area contributed by atoms with Gasteiger partial charge in [-0.1, -0.05) is 40.2 Å². The zero-order chi connectivity index (χ0) is 14.8. The zero-order valence-corrected chi connectivity index (χ0v) is 13.4. The van der Waals surface area contributed by atoms with E-state index in [1.807, 2.05) is 7.05 Å². The highest BCUT2D eigenvalue weighted by atomic mass is 79.9. The Kier molecular flexibility index (Phi) is 3.83. The number of aryl methyl sites for hydroxylation is 1. The molecule has 0 amide bonds. The molecular formula is C14H15BrN6. The van der Waals surface area contributed by atoms with Crippen LogP contribution in [0, 0.1) is 0 Å². The van der Waals surface area contributed by atoms with Crippen molar-refractivity contribution in [3.05, 3.63) is 40.6 Å². The Hall–Kier alpha value is -2.02. The molecule has 1 N–H and O–H groups in total. The van der Waals surface area contributed by atoms with Crippen LogP contribution >= 0.6 is 15.9 Å². The summed E-state index contributed by atoms with van der Waals surface area (Å²) in [7, 11) is 1.82. The number of halogens is 1. The molecule has 6 nitrogen and oxygen atoms in total. The van der Waals surface area contributed by atoms with Crippen molar-refractivity contribution in [1.29, 1.82) is 0 Å². The Labute approximate surface area is 130 Å². The monoisotopic (exact) mass is 346 g/mol. The second-order valence-corrected chi connectivity index (χ2v) is 5.86. The second kappa shape index (κ2) is 5.77. The number of aromatic nitrogens is 5. The molecule has 108 valence electrons. The van der Waals surface area contributed by atoms with Crippen LogP contribution in [-0.2, 0) is 7.05 Å². The predicted octanol–water partition coefficient (Wildman–Crippen LogP) is 2.74. The smallest absolute Gasteiger partial charge is 0.183 e. The molecule has 3 aromatic rings. The number of fused-ring (bicyclic) bond motifs is 1. The first kappa shape index (κ1) is 13.9. The molecule has 0 saturated carbocycles. The van der Waals surface area contributed by atoms with Gasteiger partial charge in [0.15, 0.2) is 17.0 Å². The van der Waals surface area contributed by atoms with Crippen LogP contribution in [-0.4, -0.2) is 31.5 Å². The van der Waals surface area contributed by atoms with Crippen molar-refractivity contribution < 1.29 is 0 Å². The molecule has 0 spiro atoms. The van der Waals surface area contributed by atoms with Crippen LogP contribution in [0.3, 0.4) is 0 Å². The van der Waals surface area contributed by atoms with E-state index in [1.165, 1.54) is 11.9 Å². The van der Waals surface area contributed by atoms with Crippen LogP contribution in [0.25, 0.3) is 11.2 Å². The Morgan fingerprint density at radius 3 is 2.76 bits per heavy atom. The fourth-order valence-electron chi connectivity index (χ4n) is 2.14. The van der Waals surface area contributed by atoms with Gasteiger partial charge in [0.2, 0.25) is 0 Å². The Morgan fingerprint density at radius 1 is 1.24 bits per heavy atom. The van der Waals surface area contributed by atoms with Crippen molar-refractivity contribution in [2.75, 3.05) is 11.9 Å². The quantitative estimate of drug-likeness (QED) is 0.786. The summed E-state index contributed by atoms with van der Waals surface area (Å²) in [6.07, 6.45) is 1.53. The SMILES string of the molecule is CC(CNc1ncnc2c1nnn2C)c1ccc(Br)cc1. The normalized spacial score (nSPS) is 12.5. The minimum absolute atomic E-state index is 0.361. The number of rotatable bonds is 4. The molecule has 0 fully saturated rings. The maximum Gasteiger partial charge on any atom is 0.183 e. The van der Waals surface area contributed by atoms with Gasteiger partial charge in [0, 0.05) is 18.1 Å². The van der Waals surface area contributed by atoms with Crippen LogP contribution in [0.2, 0.25) is 0 Å². The number of benzene rings is 1. The average molecular weight is 347 g/mol. The summed E-state index contributed by atoms with van der Waals surface area (Å²) >= 11 is 3.45. The summed E-state index contributed by atoms with van der Waals surface area (Å²) in [4.78, 5) is 8.43. The molecule has 0 aliphatic carbocycles. The van der Waals surface area contributed by atoms with E-state index in [0.717, 1.165) is 22.5 Å². The van der Waals surface area contributed by atoms with Crippen LogP contribution < -0.4 is 5.32 Å². The first-order chi connectivity index (χ1) is 10.1. The van der Waals surface area contributed by atoms with Crippen molar-refractivity contribution in [3.8, 4) is 0 Å². The lowest BCUT2D eigenvalue weighted by Crippen LogP contribution is -2.11. The van der Waals surface area contributed by atoms with Crippen molar-refractivity contribution in [2.24, 2.45) is 7.05 Å². The van der Waals surface area contributed by atoms with Gasteiger partial charge in [-0.05, 0) is 23.6 Å². The molecule has 0 aliphatic heterocycles. The van der Waals surface area contributed by atoms with Gasteiger partial charge in [-0.3, -0.25) is 0 Å². The second-order valence-electron chi connectivity index (χ2n) is 4.94. The number of hydrogen-bond acceptors (Lipinski definition) is 5. The van der Waals surface area contributed by atoms with Gasteiger partial charge < -0.3 is 5.32 Å². The molecule has 7 heteroatoms. The molecule has 0 saturated heterocycles. The highest BCUT2D eigenvalue weighted by molar-refractivity contribution is 9.10. The van der Waals surface area contributed by atoms with Gasteiger partial charge in [-0.15, -0.1) is 5.10 Å². The molecular weight excluding hydrogens is 332 g/mol. The summed E-state index contributed by atoms with van der Waals surface area (Å²) in [5, 5.41) is 11.4. The lowest BCUT2D eigenvalue weighted by Gasteiger charge is -2.13. The van der Waals surface area contributed by atoms with Gasteiger partial charge in [0.25, 0.3) is 0 Å². The van der Waals surface area contributed by atoms with E-state index in [4.69, 9.17) is 0 Å². The molecule has 0 aliphatic rings. The number of anilines is 1. The van der Waals surface area contributed by atoms with E-state index >= 15 is 0 Å². The van der Waals surface area contributed by atoms with Crippen molar-refractivity contribution in [3.63, 3.8) is 0 Å².